The monoisotopic (exact) mass is 1310 g/mol. The van der Waals surface area contributed by atoms with Gasteiger partial charge in [-0.1, -0.05) is 282 Å². The van der Waals surface area contributed by atoms with Crippen molar-refractivity contribution in [2.75, 3.05) is 19.6 Å². The van der Waals surface area contributed by atoms with Gasteiger partial charge in [-0.2, -0.15) is 0 Å². The first-order valence-corrected chi connectivity index (χ1v) is 36.2. The Kier molecular flexibility index (Phi) is 17.8. The molecular weight excluding hydrogens is 1230 g/mol. The Morgan fingerprint density at radius 2 is 0.343 bits per heavy atom. The number of hydrogen-bond donors (Lipinski definition) is 0. The Labute approximate surface area is 600 Å². The molecule has 0 aromatic heterocycles. The summed E-state index contributed by atoms with van der Waals surface area (Å²) in [5, 5.41) is 9.92. The minimum absolute atomic E-state index is 0.302. The van der Waals surface area contributed by atoms with Crippen LogP contribution in [0.2, 0.25) is 0 Å². The van der Waals surface area contributed by atoms with Gasteiger partial charge < -0.3 is 19.6 Å². The van der Waals surface area contributed by atoms with E-state index in [0.717, 1.165) is 105 Å². The van der Waals surface area contributed by atoms with Crippen LogP contribution in [-0.2, 0) is 10.8 Å². The average molecular weight is 1320 g/mol. The summed E-state index contributed by atoms with van der Waals surface area (Å²) >= 11 is 0. The van der Waals surface area contributed by atoms with Crippen molar-refractivity contribution in [3.8, 4) is 11.1 Å². The van der Waals surface area contributed by atoms with E-state index >= 15 is 0 Å². The third-order valence-corrected chi connectivity index (χ3v) is 21.7. The van der Waals surface area contributed by atoms with E-state index in [2.05, 4.69) is 423 Å². The summed E-state index contributed by atoms with van der Waals surface area (Å²) in [6.07, 6.45) is 3.70. The Morgan fingerprint density at radius 3 is 0.539 bits per heavy atom. The maximum absolute atomic E-state index is 2.44. The number of anilines is 12. The highest BCUT2D eigenvalue weighted by Gasteiger charge is 2.37. The molecule has 0 bridgehead atoms. The molecule has 0 fully saturated rings. The molecule has 16 rings (SSSR count). The molecule has 0 aliphatic carbocycles. The molecule has 0 unspecified atom stereocenters. The minimum Gasteiger partial charge on any atom is -0.310 e. The van der Waals surface area contributed by atoms with E-state index in [0.29, 0.717) is 0 Å². The van der Waals surface area contributed by atoms with Crippen molar-refractivity contribution in [1.29, 1.82) is 0 Å². The predicted molar refractivity (Wildman–Crippen MR) is 436 cm³/mol. The summed E-state index contributed by atoms with van der Waals surface area (Å²) in [7, 11) is 0. The van der Waals surface area contributed by atoms with Gasteiger partial charge in [0.2, 0.25) is 0 Å². The van der Waals surface area contributed by atoms with Crippen molar-refractivity contribution >= 4 is 111 Å². The second-order valence-electron chi connectivity index (χ2n) is 26.7. The third kappa shape index (κ3) is 11.5. The quantitative estimate of drug-likeness (QED) is 0.0711. The van der Waals surface area contributed by atoms with E-state index in [1.807, 2.05) is 0 Å². The standard InChI is InChI=1S/C98H82N4/c1-5-97(6-2,89-55-27-51-85-81(89)47-31-59-93(85)99(73-35-15-9-16-36-73)74-37-17-10-18-38-74)91-57-29-53-87-83(91)49-33-61-95(87)101(77-43-23-13-24-44-77)79-67-63-71(64-68-79)72-65-69-80(70-66-72)102(78-45-25-14-26-46-78)96-62-34-50-84-88(96)54-30-58-92(84)98(7-3,8-4)90-56-28-52-86-82(90)48-32-60-94(86)100(75-39-19-11-20-40-75)76-41-21-12-22-42-76/h9-70H,5-8H2,1-4H3. The molecule has 0 saturated carbocycles. The van der Waals surface area contributed by atoms with Gasteiger partial charge in [-0.15, -0.1) is 0 Å². The molecule has 102 heavy (non-hydrogen) atoms. The number of rotatable bonds is 21. The van der Waals surface area contributed by atoms with Crippen LogP contribution in [-0.4, -0.2) is 0 Å². The molecule has 494 valence electrons. The minimum atomic E-state index is -0.302. The first-order chi connectivity index (χ1) is 50.4. The van der Waals surface area contributed by atoms with Crippen molar-refractivity contribution in [2.24, 2.45) is 0 Å². The molecule has 0 saturated heterocycles. The fourth-order valence-electron chi connectivity index (χ4n) is 16.7. The van der Waals surface area contributed by atoms with Crippen molar-refractivity contribution in [3.05, 3.63) is 398 Å². The molecule has 0 aliphatic rings. The van der Waals surface area contributed by atoms with Crippen molar-refractivity contribution in [2.45, 2.75) is 64.2 Å². The van der Waals surface area contributed by atoms with Gasteiger partial charge in [0.25, 0.3) is 0 Å². The smallest absolute Gasteiger partial charge is 0.0540 e. The van der Waals surface area contributed by atoms with Crippen LogP contribution in [0.4, 0.5) is 68.2 Å². The Morgan fingerprint density at radius 1 is 0.167 bits per heavy atom. The van der Waals surface area contributed by atoms with Gasteiger partial charge in [0, 0.05) is 77.9 Å². The number of para-hydroxylation sites is 6. The van der Waals surface area contributed by atoms with E-state index in [-0.39, 0.29) is 10.8 Å². The fraction of sp³-hybridized carbons (Fsp3) is 0.102. The van der Waals surface area contributed by atoms with Gasteiger partial charge in [-0.05, 0) is 202 Å². The second kappa shape index (κ2) is 28.2. The zero-order valence-corrected chi connectivity index (χ0v) is 58.4. The summed E-state index contributed by atoms with van der Waals surface area (Å²) in [4.78, 5) is 9.67. The molecule has 16 aromatic carbocycles. The van der Waals surface area contributed by atoms with E-state index in [1.165, 1.54) is 65.3 Å². The first kappa shape index (κ1) is 64.4. The zero-order chi connectivity index (χ0) is 69.0. The molecule has 4 nitrogen and oxygen atoms in total. The van der Waals surface area contributed by atoms with Gasteiger partial charge in [0.05, 0.1) is 22.7 Å². The summed E-state index contributed by atoms with van der Waals surface area (Å²) < 4.78 is 0. The van der Waals surface area contributed by atoms with Crippen molar-refractivity contribution in [1.82, 2.24) is 0 Å². The van der Waals surface area contributed by atoms with Crippen LogP contribution in [0.1, 0.15) is 75.6 Å². The third-order valence-electron chi connectivity index (χ3n) is 21.7. The van der Waals surface area contributed by atoms with Crippen LogP contribution >= 0.6 is 0 Å². The highest BCUT2D eigenvalue weighted by molar-refractivity contribution is 6.06. The molecule has 4 heteroatoms. The molecule has 0 heterocycles. The Bertz CT molecular complexity index is 5130. The van der Waals surface area contributed by atoms with Crippen LogP contribution in [0, 0.1) is 0 Å². The summed E-state index contributed by atoms with van der Waals surface area (Å²) in [5.41, 5.74) is 20.5. The number of hydrogen-bond acceptors (Lipinski definition) is 4. The number of nitrogens with zero attached hydrogens (tertiary/aromatic N) is 4. The average Bonchev–Trinajstić information content (AvgIpc) is 0.738. The van der Waals surface area contributed by atoms with Crippen LogP contribution in [0.25, 0.3) is 54.2 Å². The van der Waals surface area contributed by atoms with E-state index in [4.69, 9.17) is 0 Å². The molecule has 0 aliphatic heterocycles. The molecule has 0 radical (unpaired) electrons. The summed E-state index contributed by atoms with van der Waals surface area (Å²) in [6, 6.07) is 139. The van der Waals surface area contributed by atoms with Crippen LogP contribution < -0.4 is 19.6 Å². The Hall–Kier alpha value is -12.2. The maximum atomic E-state index is 2.44. The van der Waals surface area contributed by atoms with Crippen LogP contribution in [0.5, 0.6) is 0 Å². The molecule has 0 N–H and O–H groups in total. The van der Waals surface area contributed by atoms with E-state index in [1.54, 1.807) is 0 Å². The zero-order valence-electron chi connectivity index (χ0n) is 58.4. The van der Waals surface area contributed by atoms with Gasteiger partial charge >= 0.3 is 0 Å². The summed E-state index contributed by atoms with van der Waals surface area (Å²) in [5.74, 6) is 0. The molecule has 0 amide bonds. The van der Waals surface area contributed by atoms with Gasteiger partial charge in [-0.25, -0.2) is 0 Å². The second-order valence-corrected chi connectivity index (χ2v) is 26.7. The highest BCUT2D eigenvalue weighted by Crippen LogP contribution is 2.52. The largest absolute Gasteiger partial charge is 0.310 e. The summed E-state index contributed by atoms with van der Waals surface area (Å²) in [6.45, 7) is 9.49. The van der Waals surface area contributed by atoms with E-state index in [9.17, 15) is 0 Å². The highest BCUT2D eigenvalue weighted by atomic mass is 15.2. The molecule has 16 aromatic rings. The molecule has 0 atom stereocenters. The first-order valence-electron chi connectivity index (χ1n) is 36.2. The molecular formula is C98H82N4. The molecule has 0 spiro atoms. The van der Waals surface area contributed by atoms with Crippen molar-refractivity contribution in [3.63, 3.8) is 0 Å². The van der Waals surface area contributed by atoms with Gasteiger partial charge in [-0.3, -0.25) is 0 Å². The SMILES string of the molecule is CCC(CC)(c1cccc2c(N(c3ccccc3)c3ccccc3)cccc12)c1cccc2c(N(c3ccccc3)c3ccc(-c4ccc(N(c5ccccc5)c5cccc6c(C(CC)(CC)c7cccc8c(N(c9ccccc9)c9ccccc9)cccc78)cccc56)cc4)cc3)cccc12. The fourth-order valence-corrected chi connectivity index (χ4v) is 16.7. The Balaban J connectivity index is 0.742. The van der Waals surface area contributed by atoms with Crippen LogP contribution in [0.3, 0.4) is 0 Å². The number of benzene rings is 16. The lowest BCUT2D eigenvalue weighted by Gasteiger charge is -2.36. The van der Waals surface area contributed by atoms with Crippen LogP contribution in [0.15, 0.2) is 376 Å². The van der Waals surface area contributed by atoms with E-state index < -0.39 is 0 Å². The van der Waals surface area contributed by atoms with Gasteiger partial charge in [0.15, 0.2) is 0 Å². The topological polar surface area (TPSA) is 13.0 Å². The van der Waals surface area contributed by atoms with Crippen molar-refractivity contribution < 1.29 is 0 Å². The lowest BCUT2D eigenvalue weighted by atomic mass is 9.68. The lowest BCUT2D eigenvalue weighted by molar-refractivity contribution is 0.486. The normalized spacial score (nSPS) is 11.7. The number of fused-ring (bicyclic) bond motifs is 4. The lowest BCUT2D eigenvalue weighted by Crippen LogP contribution is -2.27. The van der Waals surface area contributed by atoms with Gasteiger partial charge in [0.1, 0.15) is 0 Å². The maximum Gasteiger partial charge on any atom is 0.0540 e. The predicted octanol–water partition coefficient (Wildman–Crippen LogP) is 28.1.